The van der Waals surface area contributed by atoms with Crippen molar-refractivity contribution in [1.29, 1.82) is 0 Å². The number of nitrogens with one attached hydrogen (secondary N) is 9. The molecule has 0 unspecified atom stereocenters. The van der Waals surface area contributed by atoms with Crippen LogP contribution >= 0.6 is 11.8 Å². The van der Waals surface area contributed by atoms with E-state index in [1.165, 1.54) is 51.7 Å². The number of aromatic nitrogens is 3. The van der Waals surface area contributed by atoms with Gasteiger partial charge in [0.05, 0.1) is 61.0 Å². The van der Waals surface area contributed by atoms with E-state index in [0.29, 0.717) is 46.8 Å². The molecule has 594 valence electrons. The van der Waals surface area contributed by atoms with Gasteiger partial charge in [-0.3, -0.25) is 67.2 Å². The summed E-state index contributed by atoms with van der Waals surface area (Å²) >= 11 is 1.55. The molecule has 4 heterocycles. The molecule has 0 bridgehead atoms. The molecule has 0 saturated carbocycles. The number of ether oxygens (including phenoxy) is 4. The van der Waals surface area contributed by atoms with E-state index in [9.17, 15) is 82.8 Å². The van der Waals surface area contributed by atoms with Crippen LogP contribution in [-0.2, 0) is 86.2 Å². The number of para-hydroxylation sites is 1. The number of amides is 9. The number of phenolic OH excluding ortho intramolecular Hbond substituents is 2. The zero-order valence-corrected chi connectivity index (χ0v) is 62.8. The van der Waals surface area contributed by atoms with E-state index in [1.807, 2.05) is 18.7 Å². The third kappa shape index (κ3) is 20.4. The van der Waals surface area contributed by atoms with Gasteiger partial charge in [-0.15, -0.1) is 11.8 Å². The van der Waals surface area contributed by atoms with Crippen molar-refractivity contribution < 1.29 is 102 Å². The van der Waals surface area contributed by atoms with Crippen molar-refractivity contribution in [2.75, 3.05) is 38.4 Å². The molecule has 110 heavy (non-hydrogen) atoms. The molecule has 5 aromatic rings. The number of hydrogen-bond acceptors (Lipinski definition) is 25. The van der Waals surface area contributed by atoms with Gasteiger partial charge in [0.25, 0.3) is 0 Å². The van der Waals surface area contributed by atoms with Gasteiger partial charge in [-0.2, -0.15) is 0 Å². The van der Waals surface area contributed by atoms with Gasteiger partial charge >= 0.3 is 5.97 Å². The van der Waals surface area contributed by atoms with Crippen LogP contribution in [0.3, 0.4) is 0 Å². The van der Waals surface area contributed by atoms with Gasteiger partial charge in [-0.1, -0.05) is 58.0 Å². The van der Waals surface area contributed by atoms with Crippen LogP contribution in [0.15, 0.2) is 61.2 Å². The zero-order chi connectivity index (χ0) is 80.2. The van der Waals surface area contributed by atoms with Gasteiger partial charge in [0, 0.05) is 127 Å². The number of carbonyl (C=O) groups is 13. The number of carbonyl (C=O) groups excluding carboxylic acids is 13. The Labute approximate surface area is 636 Å². The van der Waals surface area contributed by atoms with E-state index in [-0.39, 0.29) is 66.0 Å². The van der Waals surface area contributed by atoms with Gasteiger partial charge in [0.1, 0.15) is 53.1 Å². The average molecular weight is 1550 g/mol. The summed E-state index contributed by atoms with van der Waals surface area (Å²) in [5, 5.41) is 66.0. The van der Waals surface area contributed by atoms with E-state index in [1.54, 1.807) is 56.1 Å². The molecule has 2 aliphatic carbocycles. The fourth-order valence-electron chi connectivity index (χ4n) is 14.0. The summed E-state index contributed by atoms with van der Waals surface area (Å²) in [5.41, 5.74) is 14.3. The number of thioether (sulfide) groups is 1. The maximum Gasteiger partial charge on any atom is 0.306 e. The molecular weight excluding hydrogens is 1450 g/mol. The first-order valence-corrected chi connectivity index (χ1v) is 37.3. The lowest BCUT2D eigenvalue weighted by Gasteiger charge is -2.42. The smallest absolute Gasteiger partial charge is 0.306 e. The van der Waals surface area contributed by atoms with Crippen molar-refractivity contribution in [2.24, 2.45) is 29.0 Å². The topological polar surface area (TPSA) is 550 Å². The number of aromatic hydroxyl groups is 2. The Bertz CT molecular complexity index is 4290. The highest BCUT2D eigenvalue weighted by Crippen LogP contribution is 2.53. The molecule has 4 aliphatic rings. The minimum atomic E-state index is -2.57. The predicted molar refractivity (Wildman–Crippen MR) is 394 cm³/mol. The normalized spacial score (nSPS) is 21.2. The Kier molecular flexibility index (Phi) is 28.1. The van der Waals surface area contributed by atoms with Crippen molar-refractivity contribution in [3.8, 4) is 17.2 Å². The second-order valence-corrected chi connectivity index (χ2v) is 29.9. The molecule has 2 aliphatic heterocycles. The Morgan fingerprint density at radius 3 is 2.17 bits per heavy atom. The number of rotatable bonds is 36. The molecule has 0 spiro atoms. The first-order valence-electron chi connectivity index (χ1n) is 36.2. The highest BCUT2D eigenvalue weighted by Gasteiger charge is 2.51. The number of ketones is 3. The Hall–Kier alpha value is -10.4. The van der Waals surface area contributed by atoms with E-state index in [0.717, 1.165) is 0 Å². The number of methoxy groups -OCH3 is 1. The second kappa shape index (κ2) is 36.9. The van der Waals surface area contributed by atoms with Gasteiger partial charge in [-0.25, -0.2) is 4.98 Å². The molecule has 3 aromatic carbocycles. The summed E-state index contributed by atoms with van der Waals surface area (Å²) in [6.07, 6.45) is -3.70. The number of aliphatic hydroxyl groups is 2. The van der Waals surface area contributed by atoms with Crippen LogP contribution in [0.2, 0.25) is 0 Å². The maximum atomic E-state index is 14.5. The van der Waals surface area contributed by atoms with Crippen molar-refractivity contribution in [3.63, 3.8) is 0 Å². The third-order valence-corrected chi connectivity index (χ3v) is 20.9. The van der Waals surface area contributed by atoms with Gasteiger partial charge in [-0.05, 0) is 62.6 Å². The molecule has 19 N–H and O–H groups in total. The Morgan fingerprint density at radius 1 is 0.791 bits per heavy atom. The first-order chi connectivity index (χ1) is 52.2. The lowest BCUT2D eigenvalue weighted by Crippen LogP contribution is -2.59. The number of aliphatic hydroxyl groups excluding tert-OH is 1. The monoisotopic (exact) mass is 1550 g/mol. The molecule has 36 heteroatoms. The van der Waals surface area contributed by atoms with E-state index in [4.69, 9.17) is 36.1 Å². The van der Waals surface area contributed by atoms with Gasteiger partial charge in [0.2, 0.25) is 64.7 Å². The molecule has 9 rings (SSSR count). The van der Waals surface area contributed by atoms with Crippen LogP contribution in [0.1, 0.15) is 153 Å². The predicted octanol–water partition coefficient (Wildman–Crippen LogP) is -0.715. The number of aromatic amines is 2. The number of fused-ring (bicyclic) bond motifs is 4. The van der Waals surface area contributed by atoms with Crippen LogP contribution in [-0.4, -0.2) is 228 Å². The van der Waals surface area contributed by atoms with E-state index in [2.05, 4.69) is 52.2 Å². The molecule has 2 saturated heterocycles. The molecule has 2 fully saturated rings. The summed E-state index contributed by atoms with van der Waals surface area (Å²) < 4.78 is 22.7. The number of hydrogen-bond donors (Lipinski definition) is 16. The number of esters is 1. The lowest BCUT2D eigenvalue weighted by molar-refractivity contribution is -0.247. The number of primary amides is 2. The summed E-state index contributed by atoms with van der Waals surface area (Å²) in [5.74, 6) is -12.0. The minimum Gasteiger partial charge on any atom is -0.507 e. The third-order valence-electron chi connectivity index (χ3n) is 19.8. The van der Waals surface area contributed by atoms with E-state index < -0.39 is 229 Å². The second-order valence-electron chi connectivity index (χ2n) is 28.9. The zero-order valence-electron chi connectivity index (χ0n) is 61.9. The standard InChI is InChI=1S/C74H96N14O21S/c1-34(2)20-40(29-88-33-110-31-49(88)68(77)99)83-72(103)48(22-39-27-78-32-81-39)85-55(92)28-80-73(104)62(35(3)4)87-69(100)36(5)82-71(102)47(21-38-26-79-45-14-9-8-12-41(38)45)86-70(101)46(18-19-53(76)90)84-54(91)16-11-17-56(93)107-30-52(89)74(105)24-43-59(51(25-74)109-57-23-44(75)63(94)37(6)108-57)67(98)61-60(65(43)96)64(95)42-13-10-15-50(106-7)58(42)66(61)97/h8-10,12-15,26-27,32,34-37,40,44,46-49,51,57,62-63,79,94,96,98,105H,11,16-25,28-31,33,75H2,1-7H3,(H2,76,90)(H2,77,99)(H,78,81)(H,80,104)(H,82,102)(H,83,103)(H,84,91)(H,85,92)(H,86,101)(H,87,100)/t36-,37-,40-,44-,46-,47-,48-,49-,51-,57-,62-,63+,74-/m0/s1. The summed E-state index contributed by atoms with van der Waals surface area (Å²) in [7, 11) is 1.27. The number of nitrogens with two attached hydrogens (primary N) is 3. The van der Waals surface area contributed by atoms with Crippen LogP contribution < -0.4 is 59.2 Å². The van der Waals surface area contributed by atoms with Crippen LogP contribution in [0, 0.1) is 11.8 Å². The fraction of sp³-hybridized carbons (Fsp3) is 0.514. The van der Waals surface area contributed by atoms with Crippen molar-refractivity contribution in [2.45, 2.75) is 191 Å². The molecule has 13 atom stereocenters. The maximum absolute atomic E-state index is 14.5. The minimum absolute atomic E-state index is 0.000422. The fourth-order valence-corrected chi connectivity index (χ4v) is 15.2. The molecule has 35 nitrogen and oxygen atoms in total. The highest BCUT2D eigenvalue weighted by atomic mass is 32.2. The van der Waals surface area contributed by atoms with Gasteiger partial charge < -0.3 is 104 Å². The Balaban J connectivity index is 0.812. The number of H-pyrrole nitrogens is 2. The van der Waals surface area contributed by atoms with Crippen molar-refractivity contribution in [1.82, 2.24) is 57.1 Å². The SMILES string of the molecule is COc1cccc2c1C(=O)c1c(O)c3c(c(O)c1C2=O)C[C@@](O)(C(=O)COC(=O)CCCC(=O)N[C@@H](CCC(N)=O)C(=O)N[C@@H](Cc1c[nH]c2ccccc12)C(=O)N[C@@H](C)C(=O)N[C@H](C(=O)NCC(=O)N[C@@H](Cc1cnc[nH]1)C(=O)N[C@@H](CC(C)C)CN1CSC[C@H]1C(N)=O)C(C)C)C[C@@H]3O[C@H]1C[C@H](N)[C@H](O)[C@H](C)O1. The summed E-state index contributed by atoms with van der Waals surface area (Å²) in [6.45, 7) is 8.66. The molecular formula is C74H96N14O21S. The van der Waals surface area contributed by atoms with Crippen molar-refractivity contribution in [3.05, 3.63) is 106 Å². The lowest BCUT2D eigenvalue weighted by atomic mass is 9.72. The van der Waals surface area contributed by atoms with Crippen LogP contribution in [0.5, 0.6) is 17.2 Å². The number of Topliss-reactive ketones (excluding diaryl/α,β-unsaturated/α-hetero) is 1. The first kappa shape index (κ1) is 83.7. The van der Waals surface area contributed by atoms with Crippen molar-refractivity contribution >= 4 is 99.1 Å². The Morgan fingerprint density at radius 2 is 1.49 bits per heavy atom. The van der Waals surface area contributed by atoms with E-state index >= 15 is 0 Å². The highest BCUT2D eigenvalue weighted by molar-refractivity contribution is 7.99. The number of imidazole rings is 1. The average Bonchev–Trinajstić information content (AvgIpc) is 0.826. The van der Waals surface area contributed by atoms with Crippen LogP contribution in [0.4, 0.5) is 0 Å². The summed E-state index contributed by atoms with van der Waals surface area (Å²) in [6, 6.07) is 2.55. The quantitative estimate of drug-likeness (QED) is 0.0171. The summed E-state index contributed by atoms with van der Waals surface area (Å²) in [4.78, 5) is 190. The molecule has 9 amide bonds. The number of phenols is 2. The van der Waals surface area contributed by atoms with Crippen LogP contribution in [0.25, 0.3) is 10.9 Å². The largest absolute Gasteiger partial charge is 0.507 e. The van der Waals surface area contributed by atoms with Gasteiger partial charge in [0.15, 0.2) is 18.7 Å². The molecule has 2 aromatic heterocycles. The molecule has 0 radical (unpaired) electrons. The number of nitrogens with zero attached hydrogens (tertiary/aromatic N) is 2. The number of benzene rings is 3.